The Morgan fingerprint density at radius 3 is 2.35 bits per heavy atom. The molecule has 0 aliphatic carbocycles. The van der Waals surface area contributed by atoms with Gasteiger partial charge in [0.1, 0.15) is 5.75 Å². The average Bonchev–Trinajstić information content (AvgIpc) is 2.84. The summed E-state index contributed by atoms with van der Waals surface area (Å²) >= 11 is 7.28. The lowest BCUT2D eigenvalue weighted by Crippen LogP contribution is -2.23. The second-order valence-corrected chi connectivity index (χ2v) is 8.31. The molecular formula is C25H23ClN2O5S. The number of benzene rings is 3. The van der Waals surface area contributed by atoms with E-state index in [-0.39, 0.29) is 11.3 Å². The molecular weight excluding hydrogens is 476 g/mol. The van der Waals surface area contributed by atoms with Crippen molar-refractivity contribution >= 4 is 52.5 Å². The van der Waals surface area contributed by atoms with Crippen LogP contribution in [0.5, 0.6) is 5.75 Å². The van der Waals surface area contributed by atoms with Gasteiger partial charge in [-0.1, -0.05) is 35.9 Å². The Bertz CT molecular complexity index is 1150. The van der Waals surface area contributed by atoms with Crippen molar-refractivity contribution < 1.29 is 23.9 Å². The first-order valence-corrected chi connectivity index (χ1v) is 11.8. The number of hydrogen-bond donors (Lipinski definition) is 2. The molecule has 0 saturated carbocycles. The molecule has 0 unspecified atom stereocenters. The Morgan fingerprint density at radius 1 is 0.912 bits per heavy atom. The topological polar surface area (TPSA) is 93.7 Å². The zero-order valence-electron chi connectivity index (χ0n) is 18.4. The third kappa shape index (κ3) is 7.54. The number of carbonyl (C=O) groups excluding carboxylic acids is 3. The van der Waals surface area contributed by atoms with Gasteiger partial charge in [0.15, 0.2) is 6.61 Å². The number of hydrogen-bond acceptors (Lipinski definition) is 6. The van der Waals surface area contributed by atoms with E-state index in [9.17, 15) is 14.4 Å². The van der Waals surface area contributed by atoms with Crippen LogP contribution in [0.1, 0.15) is 17.3 Å². The maximum Gasteiger partial charge on any atom is 0.316 e. The minimum absolute atomic E-state index is 0.0120. The van der Waals surface area contributed by atoms with Crippen LogP contribution in [0, 0.1) is 0 Å². The number of ether oxygens (including phenoxy) is 2. The van der Waals surface area contributed by atoms with Crippen LogP contribution >= 0.6 is 23.4 Å². The van der Waals surface area contributed by atoms with E-state index >= 15 is 0 Å². The van der Waals surface area contributed by atoms with Crippen LogP contribution in [0.15, 0.2) is 77.7 Å². The van der Waals surface area contributed by atoms with Crippen LogP contribution in [-0.2, 0) is 14.3 Å². The molecule has 0 saturated heterocycles. The lowest BCUT2D eigenvalue weighted by Gasteiger charge is -2.12. The standard InChI is InChI=1S/C25H23ClN2O5S/c1-2-32-18-13-11-17(12-14-18)27-25(31)19-7-3-5-9-21(19)28-23(29)15-33-24(30)16-34-22-10-6-4-8-20(22)26/h3-14H,2,15-16H2,1H3,(H,27,31)(H,28,29). The van der Waals surface area contributed by atoms with Gasteiger partial charge in [-0.25, -0.2) is 0 Å². The summed E-state index contributed by atoms with van der Waals surface area (Å²) in [6, 6.07) is 20.7. The van der Waals surface area contributed by atoms with Crippen molar-refractivity contribution in [3.63, 3.8) is 0 Å². The van der Waals surface area contributed by atoms with Crippen molar-refractivity contribution in [1.82, 2.24) is 0 Å². The molecule has 0 aliphatic rings. The highest BCUT2D eigenvalue weighted by molar-refractivity contribution is 8.00. The predicted molar refractivity (Wildman–Crippen MR) is 134 cm³/mol. The normalized spacial score (nSPS) is 10.3. The minimum Gasteiger partial charge on any atom is -0.494 e. The Labute approximate surface area is 206 Å². The summed E-state index contributed by atoms with van der Waals surface area (Å²) in [5, 5.41) is 5.94. The maximum atomic E-state index is 12.7. The number of thioether (sulfide) groups is 1. The fourth-order valence-electron chi connectivity index (χ4n) is 2.86. The molecule has 7 nitrogen and oxygen atoms in total. The Kier molecular flexibility index (Phi) is 9.37. The van der Waals surface area contributed by atoms with Gasteiger partial charge in [-0.2, -0.15) is 0 Å². The summed E-state index contributed by atoms with van der Waals surface area (Å²) in [4.78, 5) is 37.8. The van der Waals surface area contributed by atoms with Crippen molar-refractivity contribution in [3.8, 4) is 5.75 Å². The average molecular weight is 499 g/mol. The van der Waals surface area contributed by atoms with E-state index in [2.05, 4.69) is 10.6 Å². The van der Waals surface area contributed by atoms with Crippen LogP contribution < -0.4 is 15.4 Å². The van der Waals surface area contributed by atoms with Crippen molar-refractivity contribution in [1.29, 1.82) is 0 Å². The highest BCUT2D eigenvalue weighted by atomic mass is 35.5. The second-order valence-electron chi connectivity index (χ2n) is 6.89. The summed E-state index contributed by atoms with van der Waals surface area (Å²) < 4.78 is 10.4. The highest BCUT2D eigenvalue weighted by Gasteiger charge is 2.15. The number of anilines is 2. The van der Waals surface area contributed by atoms with E-state index in [1.807, 2.05) is 13.0 Å². The molecule has 0 heterocycles. The summed E-state index contributed by atoms with van der Waals surface area (Å²) in [6.45, 7) is 1.96. The molecule has 2 amide bonds. The van der Waals surface area contributed by atoms with Gasteiger partial charge in [0.2, 0.25) is 0 Å². The molecule has 0 aliphatic heterocycles. The molecule has 0 fully saturated rings. The van der Waals surface area contributed by atoms with Gasteiger partial charge in [-0.05, 0) is 55.5 Å². The zero-order valence-corrected chi connectivity index (χ0v) is 19.9. The summed E-state index contributed by atoms with van der Waals surface area (Å²) in [5.41, 5.74) is 1.15. The largest absolute Gasteiger partial charge is 0.494 e. The van der Waals surface area contributed by atoms with E-state index in [4.69, 9.17) is 21.1 Å². The molecule has 176 valence electrons. The van der Waals surface area contributed by atoms with Crippen LogP contribution in [0.25, 0.3) is 0 Å². The highest BCUT2D eigenvalue weighted by Crippen LogP contribution is 2.26. The van der Waals surface area contributed by atoms with E-state index < -0.39 is 24.4 Å². The number of nitrogens with one attached hydrogen (secondary N) is 2. The smallest absolute Gasteiger partial charge is 0.316 e. The maximum absolute atomic E-state index is 12.7. The Morgan fingerprint density at radius 2 is 1.62 bits per heavy atom. The molecule has 3 aromatic rings. The van der Waals surface area contributed by atoms with Crippen LogP contribution in [0.4, 0.5) is 11.4 Å². The number of halogens is 1. The number of para-hydroxylation sites is 1. The molecule has 9 heteroatoms. The molecule has 3 aromatic carbocycles. The van der Waals surface area contributed by atoms with Crippen molar-refractivity contribution in [2.24, 2.45) is 0 Å². The molecule has 2 N–H and O–H groups in total. The number of amides is 2. The van der Waals surface area contributed by atoms with E-state index in [1.54, 1.807) is 66.7 Å². The summed E-state index contributed by atoms with van der Waals surface area (Å²) in [6.07, 6.45) is 0. The minimum atomic E-state index is -0.558. The third-order valence-electron chi connectivity index (χ3n) is 4.42. The summed E-state index contributed by atoms with van der Waals surface area (Å²) in [5.74, 6) is -0.793. The Balaban J connectivity index is 1.52. The van der Waals surface area contributed by atoms with E-state index in [0.29, 0.717) is 28.8 Å². The van der Waals surface area contributed by atoms with Crippen LogP contribution in [-0.4, -0.2) is 36.8 Å². The number of carbonyl (C=O) groups is 3. The van der Waals surface area contributed by atoms with Crippen molar-refractivity contribution in [3.05, 3.63) is 83.4 Å². The first-order valence-electron chi connectivity index (χ1n) is 10.4. The van der Waals surface area contributed by atoms with Crippen molar-refractivity contribution in [2.75, 3.05) is 29.6 Å². The molecule has 3 rings (SSSR count). The van der Waals surface area contributed by atoms with Gasteiger partial charge in [0.25, 0.3) is 11.8 Å². The first-order chi connectivity index (χ1) is 16.5. The second kappa shape index (κ2) is 12.7. The van der Waals surface area contributed by atoms with Crippen molar-refractivity contribution in [2.45, 2.75) is 11.8 Å². The van der Waals surface area contributed by atoms with Crippen LogP contribution in [0.2, 0.25) is 5.02 Å². The van der Waals surface area contributed by atoms with Gasteiger partial charge in [0, 0.05) is 10.6 Å². The van der Waals surface area contributed by atoms with Gasteiger partial charge in [-0.15, -0.1) is 11.8 Å². The SMILES string of the molecule is CCOc1ccc(NC(=O)c2ccccc2NC(=O)COC(=O)CSc2ccccc2Cl)cc1. The fraction of sp³-hybridized carbons (Fsp3) is 0.160. The molecule has 0 atom stereocenters. The fourth-order valence-corrected chi connectivity index (χ4v) is 3.90. The van der Waals surface area contributed by atoms with Crippen LogP contribution in [0.3, 0.4) is 0 Å². The molecule has 34 heavy (non-hydrogen) atoms. The first kappa shape index (κ1) is 25.1. The van der Waals surface area contributed by atoms with E-state index in [1.165, 1.54) is 11.8 Å². The van der Waals surface area contributed by atoms with E-state index in [0.717, 1.165) is 4.90 Å². The molecule has 0 radical (unpaired) electrons. The van der Waals surface area contributed by atoms with Gasteiger partial charge < -0.3 is 20.1 Å². The quantitative estimate of drug-likeness (QED) is 0.292. The summed E-state index contributed by atoms with van der Waals surface area (Å²) in [7, 11) is 0. The molecule has 0 spiro atoms. The Hall–Kier alpha value is -3.49. The lowest BCUT2D eigenvalue weighted by molar-refractivity contribution is -0.144. The zero-order chi connectivity index (χ0) is 24.3. The van der Waals surface area contributed by atoms with Gasteiger partial charge in [-0.3, -0.25) is 14.4 Å². The van der Waals surface area contributed by atoms with Gasteiger partial charge >= 0.3 is 5.97 Å². The van der Waals surface area contributed by atoms with Gasteiger partial charge in [0.05, 0.1) is 28.6 Å². The lowest BCUT2D eigenvalue weighted by atomic mass is 10.1. The predicted octanol–water partition coefficient (Wildman–Crippen LogP) is 5.27. The third-order valence-corrected chi connectivity index (χ3v) is 5.90. The number of esters is 1. The monoisotopic (exact) mass is 498 g/mol. The molecule has 0 bridgehead atoms. The molecule has 0 aromatic heterocycles. The number of rotatable bonds is 10.